The van der Waals surface area contributed by atoms with Gasteiger partial charge in [-0.05, 0) is 89.0 Å². The van der Waals surface area contributed by atoms with Crippen LogP contribution in [0.2, 0.25) is 0 Å². The van der Waals surface area contributed by atoms with Crippen LogP contribution in [0.1, 0.15) is 104 Å². The third-order valence-corrected chi connectivity index (χ3v) is 10.9. The Morgan fingerprint density at radius 2 is 1.77 bits per heavy atom. The normalized spacial score (nSPS) is 23.6. The van der Waals surface area contributed by atoms with Crippen molar-refractivity contribution in [1.29, 1.82) is 5.26 Å². The summed E-state index contributed by atoms with van der Waals surface area (Å²) in [5.74, 6) is 0.640. The van der Waals surface area contributed by atoms with Crippen molar-refractivity contribution in [3.8, 4) is 6.07 Å². The van der Waals surface area contributed by atoms with Gasteiger partial charge in [-0.1, -0.05) is 25.3 Å². The first-order valence-corrected chi connectivity index (χ1v) is 16.7. The van der Waals surface area contributed by atoms with Crippen molar-refractivity contribution in [1.82, 2.24) is 29.6 Å². The molecule has 2 aromatic heterocycles. The summed E-state index contributed by atoms with van der Waals surface area (Å²) in [6.07, 6.45) is 12.0. The summed E-state index contributed by atoms with van der Waals surface area (Å²) >= 11 is 0. The van der Waals surface area contributed by atoms with E-state index in [4.69, 9.17) is 4.98 Å². The number of nitrogens with zero attached hydrogens (tertiary/aromatic N) is 7. The average Bonchev–Trinajstić information content (AvgIpc) is 3.37. The molecule has 9 nitrogen and oxygen atoms in total. The van der Waals surface area contributed by atoms with Gasteiger partial charge in [0.15, 0.2) is 0 Å². The second-order valence-electron chi connectivity index (χ2n) is 13.8. The Hall–Kier alpha value is -3.51. The Bertz CT molecular complexity index is 1360. The molecule has 9 heteroatoms. The first-order chi connectivity index (χ1) is 21.3. The molecule has 4 fully saturated rings. The number of rotatable bonds is 6. The Morgan fingerprint density at radius 3 is 2.41 bits per heavy atom. The van der Waals surface area contributed by atoms with E-state index in [1.165, 1.54) is 32.1 Å². The molecule has 234 valence electrons. The van der Waals surface area contributed by atoms with Crippen molar-refractivity contribution < 1.29 is 9.59 Å². The Morgan fingerprint density at radius 1 is 1.05 bits per heavy atom. The summed E-state index contributed by atoms with van der Waals surface area (Å²) in [4.78, 5) is 45.4. The topological polar surface area (TPSA) is 96.7 Å². The predicted octanol–water partition coefficient (Wildman–Crippen LogP) is 5.48. The maximum atomic E-state index is 14.0. The number of carbonyl (C=O) groups is 2. The zero-order valence-corrected chi connectivity index (χ0v) is 26.7. The third kappa shape index (κ3) is 6.06. The number of urea groups is 1. The van der Waals surface area contributed by atoms with Gasteiger partial charge in [0.1, 0.15) is 11.8 Å². The summed E-state index contributed by atoms with van der Waals surface area (Å²) in [6, 6.07) is 10.3. The summed E-state index contributed by atoms with van der Waals surface area (Å²) in [5.41, 5.74) is 3.44. The van der Waals surface area contributed by atoms with Crippen molar-refractivity contribution in [3.05, 3.63) is 58.7 Å². The van der Waals surface area contributed by atoms with E-state index in [9.17, 15) is 14.9 Å². The molecule has 0 radical (unpaired) electrons. The minimum absolute atomic E-state index is 0.0114. The Labute approximate surface area is 262 Å². The van der Waals surface area contributed by atoms with E-state index >= 15 is 0 Å². The predicted molar refractivity (Wildman–Crippen MR) is 169 cm³/mol. The third-order valence-electron chi connectivity index (χ3n) is 10.9. The van der Waals surface area contributed by atoms with Crippen LogP contribution in [0.15, 0.2) is 30.5 Å². The van der Waals surface area contributed by atoms with Crippen molar-refractivity contribution in [3.63, 3.8) is 0 Å². The van der Waals surface area contributed by atoms with E-state index in [1.807, 2.05) is 37.1 Å². The molecule has 2 aromatic rings. The largest absolute Gasteiger partial charge is 0.338 e. The van der Waals surface area contributed by atoms with Crippen molar-refractivity contribution >= 4 is 11.9 Å². The summed E-state index contributed by atoms with van der Waals surface area (Å²) in [7, 11) is 0. The van der Waals surface area contributed by atoms with E-state index in [1.54, 1.807) is 6.07 Å². The standard InChI is InChI=1S/C35H47N7O2/c1-25-21-28(22-36)38-26(2)32(25)33(43)39-19-14-35(3,15-20-39)41-17-12-29(13-18-41)42-31(30-11-7-8-16-37-30)24-40(34(42)44)23-27-9-5-4-6-10-27/h7-8,11,16,21,27,29,31H,4-6,9-10,12-15,17-20,23-24H2,1-3H3. The van der Waals surface area contributed by atoms with Gasteiger partial charge in [-0.3, -0.25) is 14.7 Å². The Balaban J connectivity index is 1.09. The van der Waals surface area contributed by atoms with Crippen LogP contribution in [0.25, 0.3) is 0 Å². The molecular formula is C35H47N7O2. The van der Waals surface area contributed by atoms with Crippen LogP contribution < -0.4 is 0 Å². The number of hydrogen-bond acceptors (Lipinski definition) is 6. The summed E-state index contributed by atoms with van der Waals surface area (Å²) in [5, 5.41) is 9.24. The lowest BCUT2D eigenvalue weighted by Gasteiger charge is -2.50. The summed E-state index contributed by atoms with van der Waals surface area (Å²) < 4.78 is 0. The van der Waals surface area contributed by atoms with Gasteiger partial charge >= 0.3 is 6.03 Å². The number of carbonyl (C=O) groups excluding carboxylic acids is 2. The highest BCUT2D eigenvalue weighted by molar-refractivity contribution is 5.96. The lowest BCUT2D eigenvalue weighted by molar-refractivity contribution is 0.00477. The van der Waals surface area contributed by atoms with Crippen molar-refractivity contribution in [2.24, 2.45) is 5.92 Å². The highest BCUT2D eigenvalue weighted by Crippen LogP contribution is 2.38. The van der Waals surface area contributed by atoms with E-state index in [0.29, 0.717) is 36.0 Å². The molecule has 3 aliphatic heterocycles. The molecule has 0 aromatic carbocycles. The molecule has 4 aliphatic rings. The molecule has 1 unspecified atom stereocenters. The summed E-state index contributed by atoms with van der Waals surface area (Å²) in [6.45, 7) is 11.0. The maximum Gasteiger partial charge on any atom is 0.320 e. The number of piperidine rings is 2. The number of pyridine rings is 2. The SMILES string of the molecule is Cc1cc(C#N)nc(C)c1C(=O)N1CCC(C)(N2CCC(N3C(=O)N(CC4CCCCC4)CC3c3ccccn3)CC2)CC1. The fourth-order valence-electron chi connectivity index (χ4n) is 8.29. The van der Waals surface area contributed by atoms with Gasteiger partial charge in [-0.25, -0.2) is 9.78 Å². The van der Waals surface area contributed by atoms with Crippen LogP contribution in [0, 0.1) is 31.1 Å². The molecule has 0 bridgehead atoms. The maximum absolute atomic E-state index is 14.0. The molecule has 5 heterocycles. The van der Waals surface area contributed by atoms with Gasteiger partial charge in [0.25, 0.3) is 5.91 Å². The van der Waals surface area contributed by atoms with Crippen LogP contribution in [-0.2, 0) is 0 Å². The van der Waals surface area contributed by atoms with Gasteiger partial charge in [0.05, 0.1) is 23.0 Å². The molecule has 44 heavy (non-hydrogen) atoms. The number of aryl methyl sites for hydroxylation is 2. The molecule has 3 amide bonds. The number of hydrogen-bond donors (Lipinski definition) is 0. The lowest BCUT2D eigenvalue weighted by atomic mass is 9.85. The van der Waals surface area contributed by atoms with Gasteiger partial charge in [0.2, 0.25) is 0 Å². The zero-order valence-electron chi connectivity index (χ0n) is 26.7. The van der Waals surface area contributed by atoms with E-state index < -0.39 is 0 Å². The van der Waals surface area contributed by atoms with Crippen LogP contribution in [-0.4, -0.2) is 92.4 Å². The minimum Gasteiger partial charge on any atom is -0.338 e. The monoisotopic (exact) mass is 597 g/mol. The van der Waals surface area contributed by atoms with Crippen molar-refractivity contribution in [2.45, 2.75) is 96.2 Å². The molecule has 1 atom stereocenters. The molecule has 0 N–H and O–H groups in total. The van der Waals surface area contributed by atoms with Gasteiger partial charge in [-0.15, -0.1) is 0 Å². The van der Waals surface area contributed by atoms with Crippen LogP contribution in [0.4, 0.5) is 4.79 Å². The van der Waals surface area contributed by atoms with Crippen LogP contribution in [0.5, 0.6) is 0 Å². The number of likely N-dealkylation sites (tertiary alicyclic amines) is 2. The fourth-order valence-corrected chi connectivity index (χ4v) is 8.29. The highest BCUT2D eigenvalue weighted by Gasteiger charge is 2.46. The quantitative estimate of drug-likeness (QED) is 0.437. The molecule has 1 saturated carbocycles. The first kappa shape index (κ1) is 30.5. The molecule has 6 rings (SSSR count). The molecular weight excluding hydrogens is 550 g/mol. The van der Waals surface area contributed by atoms with Crippen LogP contribution in [0.3, 0.4) is 0 Å². The second kappa shape index (κ2) is 12.8. The molecule has 0 spiro atoms. The average molecular weight is 598 g/mol. The first-order valence-electron chi connectivity index (χ1n) is 16.7. The zero-order chi connectivity index (χ0) is 30.8. The fraction of sp³-hybridized carbons (Fsp3) is 0.629. The van der Waals surface area contributed by atoms with Gasteiger partial charge in [-0.2, -0.15) is 5.26 Å². The number of aromatic nitrogens is 2. The van der Waals surface area contributed by atoms with Crippen LogP contribution >= 0.6 is 0 Å². The van der Waals surface area contributed by atoms with E-state index in [2.05, 4.69) is 38.7 Å². The Kier molecular flexibility index (Phi) is 8.91. The number of amides is 3. The number of nitriles is 1. The highest BCUT2D eigenvalue weighted by atomic mass is 16.2. The van der Waals surface area contributed by atoms with Gasteiger partial charge < -0.3 is 14.7 Å². The smallest absolute Gasteiger partial charge is 0.320 e. The lowest BCUT2D eigenvalue weighted by Crippen LogP contribution is -2.58. The second-order valence-corrected chi connectivity index (χ2v) is 13.8. The molecule has 3 saturated heterocycles. The van der Waals surface area contributed by atoms with E-state index in [-0.39, 0.29) is 29.6 Å². The van der Waals surface area contributed by atoms with Gasteiger partial charge in [0, 0.05) is 57.0 Å². The molecule has 1 aliphatic carbocycles. The van der Waals surface area contributed by atoms with E-state index in [0.717, 1.165) is 63.1 Å². The minimum atomic E-state index is 0.0114. The van der Waals surface area contributed by atoms with Crippen molar-refractivity contribution in [2.75, 3.05) is 39.3 Å².